The first-order valence-corrected chi connectivity index (χ1v) is 33.4. The monoisotopic (exact) mass is 1270 g/mol. The van der Waals surface area contributed by atoms with Crippen LogP contribution < -0.4 is 31.6 Å². The van der Waals surface area contributed by atoms with Crippen LogP contribution in [0.1, 0.15) is 128 Å². The molecule has 464 valence electrons. The summed E-state index contributed by atoms with van der Waals surface area (Å²) in [5.74, 6) is 22.3. The van der Waals surface area contributed by atoms with Crippen molar-refractivity contribution in [2.45, 2.75) is 135 Å². The number of benzene rings is 1. The third-order valence-electron chi connectivity index (χ3n) is 16.2. The first-order valence-electron chi connectivity index (χ1n) is 30.9. The second-order valence-corrected chi connectivity index (χ2v) is 28.7. The number of rotatable bonds is 16. The lowest BCUT2D eigenvalue weighted by molar-refractivity contribution is -0.715. The molecule has 2 fully saturated rings. The van der Waals surface area contributed by atoms with Crippen molar-refractivity contribution in [1.82, 2.24) is 50.5 Å². The number of nitrogens with zero attached hydrogens (tertiary/aromatic N) is 9. The molecule has 0 amide bonds. The molecule has 0 spiro atoms. The Labute approximate surface area is 543 Å². The minimum Gasteiger partial charge on any atom is -0.378 e. The molecule has 0 radical (unpaired) electrons. The fourth-order valence-corrected chi connectivity index (χ4v) is 14.8. The van der Waals surface area contributed by atoms with E-state index in [4.69, 9.17) is 40.6 Å². The van der Waals surface area contributed by atoms with Gasteiger partial charge in [-0.15, -0.1) is 34.0 Å². The molecule has 2 aliphatic heterocycles. The van der Waals surface area contributed by atoms with E-state index in [1.165, 1.54) is 0 Å². The van der Waals surface area contributed by atoms with Crippen LogP contribution >= 0.6 is 34.0 Å². The van der Waals surface area contributed by atoms with Gasteiger partial charge in [-0.2, -0.15) is 4.57 Å². The lowest BCUT2D eigenvalue weighted by Crippen LogP contribution is -2.52. The van der Waals surface area contributed by atoms with E-state index in [0.29, 0.717) is 41.3 Å². The van der Waals surface area contributed by atoms with Crippen molar-refractivity contribution in [2.24, 2.45) is 11.7 Å². The molecule has 10 aromatic rings. The van der Waals surface area contributed by atoms with Crippen molar-refractivity contribution in [1.29, 1.82) is 0 Å². The van der Waals surface area contributed by atoms with Gasteiger partial charge in [0.05, 0.1) is 59.1 Å². The molecule has 9 N–H and O–H groups in total. The Morgan fingerprint density at radius 1 is 0.670 bits per heavy atom. The second kappa shape index (κ2) is 26.2. The van der Waals surface area contributed by atoms with E-state index < -0.39 is 22.8 Å². The standard InChI is InChI=1S/C71H75N14O3S3/c1-41-55(20-30-71(8,9)88)91-62-56(41)80-66(84-68(62)78-49-25-33-74-39-49)48-24-34-75-54(38-48)57-44(23-35-76-57)16-13-17-53-61-58(50(42(2)89-61)18-28-69(4,5)86)81-64(79-53)47-26-36-85(37-27-47)60(45-14-11-10-12-15-45)52(72)40-77-67-63-59(51(43(3)90-63)19-29-70(6,7)87)82-65(83-67)46-21-31-73-32-22-46/h10-12,14-15,21-22,24,26-27,31-32,34,36-38,44,49,52,57,60,74,76,86-88H,13,16-17,23,25,33,35,39-40,72H2,1-9H3,(H,77,82,83)(H,78,80,84)/q+1. The van der Waals surface area contributed by atoms with Gasteiger partial charge in [-0.25, -0.2) is 29.9 Å². The van der Waals surface area contributed by atoms with Gasteiger partial charge in [0.1, 0.15) is 39.5 Å². The van der Waals surface area contributed by atoms with E-state index in [0.717, 1.165) is 148 Å². The Kier molecular flexibility index (Phi) is 18.1. The number of fused-ring (bicyclic) bond motifs is 3. The van der Waals surface area contributed by atoms with E-state index >= 15 is 0 Å². The Balaban J connectivity index is 0.814. The Morgan fingerprint density at radius 2 is 1.27 bits per heavy atom. The van der Waals surface area contributed by atoms with Crippen molar-refractivity contribution in [3.8, 4) is 69.7 Å². The van der Waals surface area contributed by atoms with Crippen LogP contribution in [-0.2, 0) is 6.42 Å². The van der Waals surface area contributed by atoms with Gasteiger partial charge < -0.3 is 42.3 Å². The van der Waals surface area contributed by atoms with Crippen LogP contribution in [0.3, 0.4) is 0 Å². The predicted octanol–water partition coefficient (Wildman–Crippen LogP) is 10.5. The molecule has 1 aromatic carbocycles. The minimum atomic E-state index is -1.20. The van der Waals surface area contributed by atoms with Gasteiger partial charge in [-0.1, -0.05) is 65.9 Å². The first kappa shape index (κ1) is 63.0. The molecular formula is C71H75N14O3S3+. The molecule has 0 bridgehead atoms. The molecule has 17 nitrogen and oxygen atoms in total. The number of pyridine rings is 3. The Bertz CT molecular complexity index is 4530. The third-order valence-corrected chi connectivity index (χ3v) is 19.7. The van der Waals surface area contributed by atoms with Crippen molar-refractivity contribution < 1.29 is 19.9 Å². The molecule has 0 aliphatic carbocycles. The topological polar surface area (TPSA) is 242 Å². The van der Waals surface area contributed by atoms with Gasteiger partial charge >= 0.3 is 0 Å². The van der Waals surface area contributed by atoms with E-state index in [9.17, 15) is 15.3 Å². The molecule has 0 saturated carbocycles. The average molecular weight is 1270 g/mol. The highest BCUT2D eigenvalue weighted by Crippen LogP contribution is 2.40. The maximum atomic E-state index is 10.8. The van der Waals surface area contributed by atoms with Gasteiger partial charge in [0, 0.05) is 87.4 Å². The van der Waals surface area contributed by atoms with Gasteiger partial charge in [-0.3, -0.25) is 9.97 Å². The number of hydrogen-bond donors (Lipinski definition) is 8. The maximum Gasteiger partial charge on any atom is 0.200 e. The number of aromatic nitrogens is 9. The molecule has 9 aromatic heterocycles. The summed E-state index contributed by atoms with van der Waals surface area (Å²) < 4.78 is 4.95. The van der Waals surface area contributed by atoms with E-state index in [1.807, 2.05) is 56.4 Å². The zero-order valence-electron chi connectivity index (χ0n) is 52.7. The second-order valence-electron chi connectivity index (χ2n) is 25.2. The number of hydrogen-bond acceptors (Lipinski definition) is 19. The summed E-state index contributed by atoms with van der Waals surface area (Å²) in [6, 6.07) is 21.8. The van der Waals surface area contributed by atoms with Crippen molar-refractivity contribution >= 4 is 76.3 Å². The van der Waals surface area contributed by atoms with Crippen molar-refractivity contribution in [3.63, 3.8) is 0 Å². The normalized spacial score (nSPS) is 16.7. The summed E-state index contributed by atoms with van der Waals surface area (Å²) in [6.45, 7) is 19.3. The van der Waals surface area contributed by atoms with E-state index in [-0.39, 0.29) is 18.1 Å². The Hall–Kier alpha value is -8.17. The van der Waals surface area contributed by atoms with Gasteiger partial charge in [0.25, 0.3) is 0 Å². The maximum absolute atomic E-state index is 10.8. The molecule has 12 rings (SSSR count). The van der Waals surface area contributed by atoms with Crippen LogP contribution in [0, 0.1) is 62.2 Å². The first-order chi connectivity index (χ1) is 43.6. The van der Waals surface area contributed by atoms with Crippen LogP contribution in [0.2, 0.25) is 0 Å². The smallest absolute Gasteiger partial charge is 0.200 e. The molecular weight excluding hydrogens is 1190 g/mol. The summed E-state index contributed by atoms with van der Waals surface area (Å²) in [7, 11) is 0. The third kappa shape index (κ3) is 14.5. The number of aryl methyl sites for hydroxylation is 4. The lowest BCUT2D eigenvalue weighted by atomic mass is 9.91. The fourth-order valence-electron chi connectivity index (χ4n) is 11.7. The molecule has 5 unspecified atom stereocenters. The van der Waals surface area contributed by atoms with Crippen LogP contribution in [0.4, 0.5) is 11.6 Å². The van der Waals surface area contributed by atoms with Crippen LogP contribution in [0.15, 0.2) is 97.7 Å². The van der Waals surface area contributed by atoms with Gasteiger partial charge in [0.15, 0.2) is 35.9 Å². The Morgan fingerprint density at radius 3 is 1.96 bits per heavy atom. The minimum absolute atomic E-state index is 0.0316. The zero-order valence-corrected chi connectivity index (χ0v) is 55.1. The van der Waals surface area contributed by atoms with Gasteiger partial charge in [0.2, 0.25) is 0 Å². The number of aliphatic hydroxyl groups is 3. The van der Waals surface area contributed by atoms with Crippen LogP contribution in [0.25, 0.3) is 64.8 Å². The summed E-state index contributed by atoms with van der Waals surface area (Å²) in [6.07, 6.45) is 14.0. The number of thiophene rings is 3. The SMILES string of the molecule is Cc1sc2c(CCCC3CCNC3c3cc(-c4nc(NC5CCNC5)c5sc(C#CC(C)(C)O)c(C)c5n4)ccn3)nc(-c3cc[n+](C(c4ccccc4)C(N)CNc4nc(-c5ccncc5)nc5c(C#CC(C)(C)O)c(C)sc45)cc3)nc2c1C#CC(C)(C)O. The summed E-state index contributed by atoms with van der Waals surface area (Å²) in [5, 5.41) is 46.4. The summed E-state index contributed by atoms with van der Waals surface area (Å²) in [4.78, 5) is 43.2. The fraction of sp³-hybridized carbons (Fsp3) is 0.366. The molecule has 5 atom stereocenters. The highest BCUT2D eigenvalue weighted by Gasteiger charge is 2.32. The summed E-state index contributed by atoms with van der Waals surface area (Å²) >= 11 is 4.77. The molecule has 20 heteroatoms. The quantitative estimate of drug-likeness (QED) is 0.0331. The number of nitrogens with one attached hydrogen (secondary N) is 4. The highest BCUT2D eigenvalue weighted by molar-refractivity contribution is 7.20. The molecule has 2 saturated heterocycles. The lowest BCUT2D eigenvalue weighted by Gasteiger charge is -2.21. The molecule has 2 aliphatic rings. The zero-order chi connectivity index (χ0) is 63.8. The van der Waals surface area contributed by atoms with Crippen molar-refractivity contribution in [3.05, 3.63) is 146 Å². The molecule has 11 heterocycles. The molecule has 91 heavy (non-hydrogen) atoms. The average Bonchev–Trinajstić information content (AvgIpc) is 1.69. The van der Waals surface area contributed by atoms with E-state index in [2.05, 4.69) is 116 Å². The van der Waals surface area contributed by atoms with Crippen LogP contribution in [0.5, 0.6) is 0 Å². The summed E-state index contributed by atoms with van der Waals surface area (Å²) in [5.41, 5.74) is 14.2. The van der Waals surface area contributed by atoms with Gasteiger partial charge in [-0.05, 0) is 138 Å². The number of nitrogens with two attached hydrogens (primary N) is 1. The predicted molar refractivity (Wildman–Crippen MR) is 366 cm³/mol. The largest absolute Gasteiger partial charge is 0.378 e. The highest BCUT2D eigenvalue weighted by atomic mass is 32.1. The van der Waals surface area contributed by atoms with Crippen molar-refractivity contribution in [2.75, 3.05) is 36.8 Å². The number of anilines is 2. The van der Waals surface area contributed by atoms with Crippen LogP contribution in [-0.4, -0.2) is 110 Å². The van der Waals surface area contributed by atoms with E-state index in [1.54, 1.807) is 87.9 Å².